The zero-order valence-electron chi connectivity index (χ0n) is 12.2. The summed E-state index contributed by atoms with van der Waals surface area (Å²) in [5.41, 5.74) is 3.87. The van der Waals surface area contributed by atoms with Crippen LogP contribution in [-0.2, 0) is 17.6 Å². The van der Waals surface area contributed by atoms with E-state index in [1.165, 1.54) is 6.92 Å². The van der Waals surface area contributed by atoms with E-state index in [1.807, 2.05) is 6.07 Å². The Hall–Kier alpha value is -2.14. The molecule has 0 radical (unpaired) electrons. The topological polar surface area (TPSA) is 74.8 Å². The Kier molecular flexibility index (Phi) is 3.98. The standard InChI is InChI=1S/C16H16ClN3O2/c1-9(21)18-14-8-10(6-7-13(14)17)15-11-4-2-3-5-12(11)16(22)20-19-15/h6-8H,2-5H2,1H3,(H,18,21)(H,20,22). The van der Waals surface area contributed by atoms with Crippen LogP contribution in [0.2, 0.25) is 5.02 Å². The minimum Gasteiger partial charge on any atom is -0.325 e. The normalized spacial score (nSPS) is 13.5. The monoisotopic (exact) mass is 317 g/mol. The molecule has 6 heteroatoms. The van der Waals surface area contributed by atoms with Crippen molar-refractivity contribution in [2.75, 3.05) is 5.32 Å². The molecule has 0 unspecified atom stereocenters. The van der Waals surface area contributed by atoms with Crippen LogP contribution in [0, 0.1) is 0 Å². The Balaban J connectivity index is 2.12. The number of aromatic nitrogens is 2. The Morgan fingerprint density at radius 3 is 2.73 bits per heavy atom. The maximum Gasteiger partial charge on any atom is 0.267 e. The highest BCUT2D eigenvalue weighted by atomic mass is 35.5. The lowest BCUT2D eigenvalue weighted by molar-refractivity contribution is -0.114. The number of amides is 1. The van der Waals surface area contributed by atoms with Crippen molar-refractivity contribution in [2.24, 2.45) is 0 Å². The highest BCUT2D eigenvalue weighted by molar-refractivity contribution is 6.33. The van der Waals surface area contributed by atoms with Gasteiger partial charge in [-0.2, -0.15) is 5.10 Å². The molecule has 1 amide bonds. The fraction of sp³-hybridized carbons (Fsp3) is 0.312. The maximum atomic E-state index is 11.9. The summed E-state index contributed by atoms with van der Waals surface area (Å²) < 4.78 is 0. The third-order valence-electron chi connectivity index (χ3n) is 3.85. The zero-order valence-corrected chi connectivity index (χ0v) is 13.0. The lowest BCUT2D eigenvalue weighted by atomic mass is 9.90. The molecule has 0 saturated heterocycles. The van der Waals surface area contributed by atoms with E-state index in [-0.39, 0.29) is 11.5 Å². The van der Waals surface area contributed by atoms with Crippen LogP contribution in [0.1, 0.15) is 30.9 Å². The van der Waals surface area contributed by atoms with E-state index in [1.54, 1.807) is 12.1 Å². The summed E-state index contributed by atoms with van der Waals surface area (Å²) in [6, 6.07) is 5.37. The quantitative estimate of drug-likeness (QED) is 0.894. The van der Waals surface area contributed by atoms with E-state index in [0.717, 1.165) is 48.1 Å². The van der Waals surface area contributed by atoms with Crippen molar-refractivity contribution in [1.82, 2.24) is 10.2 Å². The second kappa shape index (κ2) is 5.93. The summed E-state index contributed by atoms with van der Waals surface area (Å²) in [6.45, 7) is 1.43. The number of aromatic amines is 1. The fourth-order valence-electron chi connectivity index (χ4n) is 2.86. The predicted molar refractivity (Wildman–Crippen MR) is 86.2 cm³/mol. The molecule has 1 aliphatic carbocycles. The Morgan fingerprint density at radius 2 is 2.00 bits per heavy atom. The highest BCUT2D eigenvalue weighted by Crippen LogP contribution is 2.32. The first-order valence-corrected chi connectivity index (χ1v) is 7.62. The number of carbonyl (C=O) groups is 1. The van der Waals surface area contributed by atoms with E-state index < -0.39 is 0 Å². The van der Waals surface area contributed by atoms with Gasteiger partial charge >= 0.3 is 0 Å². The molecule has 0 fully saturated rings. The molecular weight excluding hydrogens is 302 g/mol. The van der Waals surface area contributed by atoms with E-state index in [0.29, 0.717) is 10.7 Å². The van der Waals surface area contributed by atoms with Gasteiger partial charge in [0.2, 0.25) is 5.91 Å². The first kappa shape index (κ1) is 14.8. The van der Waals surface area contributed by atoms with Crippen LogP contribution in [0.15, 0.2) is 23.0 Å². The fourth-order valence-corrected chi connectivity index (χ4v) is 3.02. The molecule has 2 N–H and O–H groups in total. The van der Waals surface area contributed by atoms with Crippen molar-refractivity contribution >= 4 is 23.2 Å². The van der Waals surface area contributed by atoms with E-state index in [4.69, 9.17) is 11.6 Å². The summed E-state index contributed by atoms with van der Waals surface area (Å²) >= 11 is 6.10. The number of nitrogens with zero attached hydrogens (tertiary/aromatic N) is 1. The first-order chi connectivity index (χ1) is 10.6. The van der Waals surface area contributed by atoms with Gasteiger partial charge in [0.1, 0.15) is 0 Å². The molecule has 1 aromatic carbocycles. The number of anilines is 1. The van der Waals surface area contributed by atoms with Crippen molar-refractivity contribution in [3.8, 4) is 11.3 Å². The molecule has 0 spiro atoms. The van der Waals surface area contributed by atoms with E-state index >= 15 is 0 Å². The second-order valence-corrected chi connectivity index (χ2v) is 5.85. The van der Waals surface area contributed by atoms with Crippen LogP contribution in [0.25, 0.3) is 11.3 Å². The number of nitrogens with one attached hydrogen (secondary N) is 2. The number of benzene rings is 1. The molecule has 3 rings (SSSR count). The summed E-state index contributed by atoms with van der Waals surface area (Å²) in [6.07, 6.45) is 3.71. The van der Waals surface area contributed by atoms with Gasteiger partial charge in [-0.15, -0.1) is 0 Å². The van der Waals surface area contributed by atoms with Crippen molar-refractivity contribution in [2.45, 2.75) is 32.6 Å². The molecule has 2 aromatic rings. The maximum absolute atomic E-state index is 11.9. The number of H-pyrrole nitrogens is 1. The number of carbonyl (C=O) groups excluding carboxylic acids is 1. The number of fused-ring (bicyclic) bond motifs is 1. The van der Waals surface area contributed by atoms with Crippen LogP contribution in [0.5, 0.6) is 0 Å². The Morgan fingerprint density at radius 1 is 1.27 bits per heavy atom. The third kappa shape index (κ3) is 2.76. The average Bonchev–Trinajstić information content (AvgIpc) is 2.50. The van der Waals surface area contributed by atoms with Crippen molar-refractivity contribution in [3.05, 3.63) is 44.7 Å². The SMILES string of the molecule is CC(=O)Nc1cc(-c2n[nH]c(=O)c3c2CCCC3)ccc1Cl. The first-order valence-electron chi connectivity index (χ1n) is 7.24. The summed E-state index contributed by atoms with van der Waals surface area (Å²) in [4.78, 5) is 23.2. The number of halogens is 1. The second-order valence-electron chi connectivity index (χ2n) is 5.44. The third-order valence-corrected chi connectivity index (χ3v) is 4.18. The van der Waals surface area contributed by atoms with Gasteiger partial charge in [-0.1, -0.05) is 17.7 Å². The lowest BCUT2D eigenvalue weighted by Gasteiger charge is -2.18. The van der Waals surface area contributed by atoms with Gasteiger partial charge in [0.15, 0.2) is 0 Å². The van der Waals surface area contributed by atoms with Crippen LogP contribution >= 0.6 is 11.6 Å². The smallest absolute Gasteiger partial charge is 0.267 e. The highest BCUT2D eigenvalue weighted by Gasteiger charge is 2.19. The average molecular weight is 318 g/mol. The van der Waals surface area contributed by atoms with E-state index in [2.05, 4.69) is 15.5 Å². The number of rotatable bonds is 2. The largest absolute Gasteiger partial charge is 0.325 e. The Bertz CT molecular complexity index is 798. The van der Waals surface area contributed by atoms with Crippen molar-refractivity contribution < 1.29 is 4.79 Å². The molecule has 22 heavy (non-hydrogen) atoms. The van der Waals surface area contributed by atoms with Crippen LogP contribution in [0.3, 0.4) is 0 Å². The molecule has 1 heterocycles. The molecular formula is C16H16ClN3O2. The van der Waals surface area contributed by atoms with Crippen molar-refractivity contribution in [1.29, 1.82) is 0 Å². The lowest BCUT2D eigenvalue weighted by Crippen LogP contribution is -2.21. The van der Waals surface area contributed by atoms with Gasteiger partial charge in [-0.3, -0.25) is 9.59 Å². The minimum absolute atomic E-state index is 0.102. The Labute approximate surface area is 132 Å². The van der Waals surface area contributed by atoms with Crippen LogP contribution in [-0.4, -0.2) is 16.1 Å². The van der Waals surface area contributed by atoms with Crippen molar-refractivity contribution in [3.63, 3.8) is 0 Å². The molecule has 0 aliphatic heterocycles. The molecule has 5 nitrogen and oxygen atoms in total. The summed E-state index contributed by atoms with van der Waals surface area (Å²) in [5.74, 6) is -0.185. The summed E-state index contributed by atoms with van der Waals surface area (Å²) in [5, 5.41) is 9.97. The molecule has 0 saturated carbocycles. The number of hydrogen-bond acceptors (Lipinski definition) is 3. The zero-order chi connectivity index (χ0) is 15.7. The molecule has 114 valence electrons. The molecule has 1 aromatic heterocycles. The number of hydrogen-bond donors (Lipinski definition) is 2. The summed E-state index contributed by atoms with van der Waals surface area (Å²) in [7, 11) is 0. The molecule has 0 atom stereocenters. The molecule has 0 bridgehead atoms. The molecule has 1 aliphatic rings. The van der Waals surface area contributed by atoms with Crippen LogP contribution in [0.4, 0.5) is 5.69 Å². The van der Waals surface area contributed by atoms with Gasteiger partial charge in [0.05, 0.1) is 16.4 Å². The van der Waals surface area contributed by atoms with Gasteiger partial charge in [-0.05, 0) is 43.4 Å². The van der Waals surface area contributed by atoms with Gasteiger partial charge in [0, 0.05) is 18.1 Å². The predicted octanol–water partition coefficient (Wildman–Crippen LogP) is 2.93. The van der Waals surface area contributed by atoms with Gasteiger partial charge < -0.3 is 5.32 Å². The van der Waals surface area contributed by atoms with Gasteiger partial charge in [-0.25, -0.2) is 5.10 Å². The minimum atomic E-state index is -0.185. The van der Waals surface area contributed by atoms with Gasteiger partial charge in [0.25, 0.3) is 5.56 Å². The van der Waals surface area contributed by atoms with E-state index in [9.17, 15) is 9.59 Å². The van der Waals surface area contributed by atoms with Crippen LogP contribution < -0.4 is 10.9 Å².